The number of hydrogen-bond acceptors (Lipinski definition) is 4. The maximum atomic E-state index is 11.6. The zero-order valence-electron chi connectivity index (χ0n) is 13.7. The second-order valence-corrected chi connectivity index (χ2v) is 5.65. The summed E-state index contributed by atoms with van der Waals surface area (Å²) < 4.78 is 5.08. The van der Waals surface area contributed by atoms with Crippen LogP contribution in [0.5, 0.6) is 0 Å². The van der Waals surface area contributed by atoms with E-state index in [9.17, 15) is 15.0 Å². The summed E-state index contributed by atoms with van der Waals surface area (Å²) in [4.78, 5) is 11.6. The van der Waals surface area contributed by atoms with Crippen LogP contribution in [-0.4, -0.2) is 29.0 Å². The number of hydrogen-bond donors (Lipinski definition) is 3. The lowest BCUT2D eigenvalue weighted by Crippen LogP contribution is -2.30. The van der Waals surface area contributed by atoms with Gasteiger partial charge in [0.15, 0.2) is 0 Å². The first-order chi connectivity index (χ1) is 11.6. The van der Waals surface area contributed by atoms with E-state index in [1.165, 1.54) is 0 Å². The molecule has 0 aliphatic heterocycles. The second kappa shape index (κ2) is 9.05. The lowest BCUT2D eigenvalue weighted by atomic mass is 9.98. The quantitative estimate of drug-likeness (QED) is 0.730. The van der Waals surface area contributed by atoms with Gasteiger partial charge in [-0.15, -0.1) is 0 Å². The van der Waals surface area contributed by atoms with Crippen LogP contribution in [0.3, 0.4) is 0 Å². The highest BCUT2D eigenvalue weighted by Gasteiger charge is 2.19. The van der Waals surface area contributed by atoms with E-state index in [0.717, 1.165) is 11.1 Å². The van der Waals surface area contributed by atoms with Gasteiger partial charge < -0.3 is 20.3 Å². The SMILES string of the molecule is Cc1ccccc1C(O)C(O)CCNC(=O)OCc1ccccc1. The lowest BCUT2D eigenvalue weighted by Gasteiger charge is -2.20. The number of nitrogens with one attached hydrogen (secondary N) is 1. The van der Waals surface area contributed by atoms with Crippen LogP contribution in [0.1, 0.15) is 29.2 Å². The smallest absolute Gasteiger partial charge is 0.407 e. The van der Waals surface area contributed by atoms with E-state index in [-0.39, 0.29) is 19.6 Å². The van der Waals surface area contributed by atoms with Crippen molar-refractivity contribution in [2.45, 2.75) is 32.2 Å². The monoisotopic (exact) mass is 329 g/mol. The third-order valence-electron chi connectivity index (χ3n) is 3.79. The molecule has 0 fully saturated rings. The molecule has 5 nitrogen and oxygen atoms in total. The molecule has 24 heavy (non-hydrogen) atoms. The van der Waals surface area contributed by atoms with E-state index >= 15 is 0 Å². The van der Waals surface area contributed by atoms with Gasteiger partial charge in [0.25, 0.3) is 0 Å². The minimum absolute atomic E-state index is 0.195. The molecule has 0 aliphatic carbocycles. The highest BCUT2D eigenvalue weighted by atomic mass is 16.5. The molecule has 0 radical (unpaired) electrons. The number of aliphatic hydroxyl groups excluding tert-OH is 2. The van der Waals surface area contributed by atoms with Gasteiger partial charge in [0, 0.05) is 6.54 Å². The second-order valence-electron chi connectivity index (χ2n) is 5.65. The van der Waals surface area contributed by atoms with Crippen LogP contribution in [0.4, 0.5) is 4.79 Å². The van der Waals surface area contributed by atoms with Crippen LogP contribution >= 0.6 is 0 Å². The molecule has 2 unspecified atom stereocenters. The molecule has 0 aliphatic rings. The standard InChI is InChI=1S/C19H23NO4/c1-14-7-5-6-10-16(14)18(22)17(21)11-12-20-19(23)24-13-15-8-3-2-4-9-15/h2-10,17-18,21-22H,11-13H2,1H3,(H,20,23). The topological polar surface area (TPSA) is 78.8 Å². The molecule has 0 bridgehead atoms. The summed E-state index contributed by atoms with van der Waals surface area (Å²) in [5.41, 5.74) is 2.51. The van der Waals surface area contributed by atoms with Crippen molar-refractivity contribution in [1.82, 2.24) is 5.32 Å². The lowest BCUT2D eigenvalue weighted by molar-refractivity contribution is 0.0133. The molecule has 0 aromatic heterocycles. The molecule has 0 spiro atoms. The van der Waals surface area contributed by atoms with Crippen LogP contribution < -0.4 is 5.32 Å². The minimum atomic E-state index is -0.978. The first kappa shape index (κ1) is 18.0. The molecule has 2 aromatic carbocycles. The zero-order valence-corrected chi connectivity index (χ0v) is 13.7. The molecular weight excluding hydrogens is 306 g/mol. The van der Waals surface area contributed by atoms with Crippen LogP contribution in [0.2, 0.25) is 0 Å². The average Bonchev–Trinajstić information content (AvgIpc) is 2.60. The molecule has 1 amide bonds. The molecule has 0 saturated carbocycles. The van der Waals surface area contributed by atoms with E-state index in [4.69, 9.17) is 4.74 Å². The number of carbonyl (C=O) groups is 1. The summed E-state index contributed by atoms with van der Waals surface area (Å²) in [5, 5.41) is 22.8. The van der Waals surface area contributed by atoms with Crippen molar-refractivity contribution >= 4 is 6.09 Å². The fraction of sp³-hybridized carbons (Fsp3) is 0.316. The van der Waals surface area contributed by atoms with E-state index in [0.29, 0.717) is 5.56 Å². The Morgan fingerprint density at radius 2 is 1.75 bits per heavy atom. The fourth-order valence-electron chi connectivity index (χ4n) is 2.38. The van der Waals surface area contributed by atoms with Gasteiger partial charge in [-0.25, -0.2) is 4.79 Å². The zero-order chi connectivity index (χ0) is 17.4. The average molecular weight is 329 g/mol. The van der Waals surface area contributed by atoms with Gasteiger partial charge in [0.2, 0.25) is 0 Å². The van der Waals surface area contributed by atoms with Gasteiger partial charge >= 0.3 is 6.09 Å². The number of aryl methyl sites for hydroxylation is 1. The Morgan fingerprint density at radius 3 is 2.46 bits per heavy atom. The molecule has 5 heteroatoms. The Bertz CT molecular complexity index is 645. The van der Waals surface area contributed by atoms with Crippen LogP contribution in [0, 0.1) is 6.92 Å². The van der Waals surface area contributed by atoms with Gasteiger partial charge in [-0.3, -0.25) is 0 Å². The number of rotatable bonds is 7. The van der Waals surface area contributed by atoms with E-state index in [1.807, 2.05) is 55.5 Å². The molecule has 2 rings (SSSR count). The number of aliphatic hydroxyl groups is 2. The molecule has 0 saturated heterocycles. The predicted octanol–water partition coefficient (Wildman–Crippen LogP) is 2.71. The van der Waals surface area contributed by atoms with Crippen molar-refractivity contribution in [3.63, 3.8) is 0 Å². The van der Waals surface area contributed by atoms with Gasteiger partial charge in [0.1, 0.15) is 12.7 Å². The van der Waals surface area contributed by atoms with Crippen molar-refractivity contribution in [3.8, 4) is 0 Å². The number of amides is 1. The van der Waals surface area contributed by atoms with Crippen LogP contribution in [-0.2, 0) is 11.3 Å². The molecule has 128 valence electrons. The summed E-state index contributed by atoms with van der Waals surface area (Å²) in [5.74, 6) is 0. The van der Waals surface area contributed by atoms with Crippen molar-refractivity contribution in [1.29, 1.82) is 0 Å². The van der Waals surface area contributed by atoms with Crippen LogP contribution in [0.25, 0.3) is 0 Å². The summed E-state index contributed by atoms with van der Waals surface area (Å²) in [6.07, 6.45) is -2.25. The fourth-order valence-corrected chi connectivity index (χ4v) is 2.38. The van der Waals surface area contributed by atoms with Gasteiger partial charge in [0.05, 0.1) is 6.10 Å². The first-order valence-electron chi connectivity index (χ1n) is 7.94. The number of benzene rings is 2. The highest BCUT2D eigenvalue weighted by molar-refractivity contribution is 5.67. The Morgan fingerprint density at radius 1 is 1.08 bits per heavy atom. The molecule has 2 aromatic rings. The molecule has 0 heterocycles. The van der Waals surface area contributed by atoms with Crippen molar-refractivity contribution in [3.05, 3.63) is 71.3 Å². The van der Waals surface area contributed by atoms with Gasteiger partial charge in [-0.1, -0.05) is 54.6 Å². The first-order valence-corrected chi connectivity index (χ1v) is 7.94. The summed E-state index contributed by atoms with van der Waals surface area (Å²) in [6, 6.07) is 16.7. The molecular formula is C19H23NO4. The van der Waals surface area contributed by atoms with Crippen molar-refractivity contribution in [2.75, 3.05) is 6.54 Å². The third kappa shape index (κ3) is 5.37. The van der Waals surface area contributed by atoms with E-state index in [1.54, 1.807) is 6.07 Å². The molecule has 3 N–H and O–H groups in total. The largest absolute Gasteiger partial charge is 0.445 e. The number of alkyl carbamates (subject to hydrolysis) is 1. The number of carbonyl (C=O) groups excluding carboxylic acids is 1. The maximum Gasteiger partial charge on any atom is 0.407 e. The Hall–Kier alpha value is -2.37. The summed E-state index contributed by atoms with van der Waals surface area (Å²) in [7, 11) is 0. The van der Waals surface area contributed by atoms with Gasteiger partial charge in [-0.2, -0.15) is 0 Å². The Balaban J connectivity index is 1.71. The van der Waals surface area contributed by atoms with Crippen molar-refractivity contribution in [2.24, 2.45) is 0 Å². The van der Waals surface area contributed by atoms with E-state index in [2.05, 4.69) is 5.32 Å². The number of ether oxygens (including phenoxy) is 1. The minimum Gasteiger partial charge on any atom is -0.445 e. The molecule has 2 atom stereocenters. The summed E-state index contributed by atoms with van der Waals surface area (Å²) in [6.45, 7) is 2.29. The predicted molar refractivity (Wildman–Crippen MR) is 91.4 cm³/mol. The van der Waals surface area contributed by atoms with Crippen molar-refractivity contribution < 1.29 is 19.7 Å². The summed E-state index contributed by atoms with van der Waals surface area (Å²) >= 11 is 0. The van der Waals surface area contributed by atoms with Crippen LogP contribution in [0.15, 0.2) is 54.6 Å². The highest BCUT2D eigenvalue weighted by Crippen LogP contribution is 2.21. The normalized spacial score (nSPS) is 13.1. The third-order valence-corrected chi connectivity index (χ3v) is 3.79. The Kier molecular flexibility index (Phi) is 6.78. The van der Waals surface area contributed by atoms with Gasteiger partial charge in [-0.05, 0) is 30.0 Å². The van der Waals surface area contributed by atoms with E-state index < -0.39 is 18.3 Å². The Labute approximate surface area is 141 Å². The maximum absolute atomic E-state index is 11.6.